The van der Waals surface area contributed by atoms with Crippen LogP contribution in [0.25, 0.3) is 0 Å². The standard InChI is InChI=1S/C7H12ClN3O/c1-3-4-11-6(5-8)9-10-7(11)12-2/h3-5H2,1-2H3. The molecule has 0 saturated carbocycles. The van der Waals surface area contributed by atoms with Crippen LogP contribution in [0.5, 0.6) is 6.01 Å². The summed E-state index contributed by atoms with van der Waals surface area (Å²) < 4.78 is 6.89. The highest BCUT2D eigenvalue weighted by molar-refractivity contribution is 6.16. The minimum atomic E-state index is 0.371. The maximum absolute atomic E-state index is 5.66. The molecule has 12 heavy (non-hydrogen) atoms. The Balaban J connectivity index is 2.90. The van der Waals surface area contributed by atoms with Gasteiger partial charge in [0.15, 0.2) is 5.82 Å². The van der Waals surface area contributed by atoms with Gasteiger partial charge in [-0.15, -0.1) is 16.7 Å². The fraction of sp³-hybridized carbons (Fsp3) is 0.714. The van der Waals surface area contributed by atoms with Crippen molar-refractivity contribution in [3.8, 4) is 6.01 Å². The number of alkyl halides is 1. The molecule has 0 aliphatic heterocycles. The van der Waals surface area contributed by atoms with Gasteiger partial charge in [0.1, 0.15) is 0 Å². The van der Waals surface area contributed by atoms with Gasteiger partial charge >= 0.3 is 6.01 Å². The van der Waals surface area contributed by atoms with Crippen molar-refractivity contribution in [2.45, 2.75) is 25.8 Å². The summed E-state index contributed by atoms with van der Waals surface area (Å²) in [6, 6.07) is 0.535. The molecule has 0 atom stereocenters. The highest BCUT2D eigenvalue weighted by Crippen LogP contribution is 2.11. The van der Waals surface area contributed by atoms with Crippen molar-refractivity contribution in [3.05, 3.63) is 5.82 Å². The van der Waals surface area contributed by atoms with Crippen LogP contribution in [-0.2, 0) is 12.4 Å². The van der Waals surface area contributed by atoms with Crippen molar-refractivity contribution in [3.63, 3.8) is 0 Å². The van der Waals surface area contributed by atoms with E-state index in [9.17, 15) is 0 Å². The fourth-order valence-corrected chi connectivity index (χ4v) is 1.21. The Bertz CT molecular complexity index is 227. The average Bonchev–Trinajstić information content (AvgIpc) is 2.48. The highest BCUT2D eigenvalue weighted by atomic mass is 35.5. The minimum Gasteiger partial charge on any atom is -0.467 e. The van der Waals surface area contributed by atoms with Gasteiger partial charge in [-0.1, -0.05) is 12.0 Å². The number of halogens is 1. The molecule has 1 aromatic rings. The molecule has 0 spiro atoms. The van der Waals surface area contributed by atoms with Crippen LogP contribution >= 0.6 is 11.6 Å². The third kappa shape index (κ3) is 1.69. The molecule has 0 aliphatic carbocycles. The normalized spacial score (nSPS) is 10.2. The molecule has 0 radical (unpaired) electrons. The maximum atomic E-state index is 5.66. The molecular formula is C7H12ClN3O. The van der Waals surface area contributed by atoms with E-state index in [4.69, 9.17) is 16.3 Å². The molecule has 0 aromatic carbocycles. The lowest BCUT2D eigenvalue weighted by Gasteiger charge is -2.04. The molecule has 0 bridgehead atoms. The zero-order valence-electron chi connectivity index (χ0n) is 7.25. The monoisotopic (exact) mass is 189 g/mol. The lowest BCUT2D eigenvalue weighted by molar-refractivity contribution is 0.353. The van der Waals surface area contributed by atoms with Gasteiger partial charge in [-0.25, -0.2) is 0 Å². The number of hydrogen-bond acceptors (Lipinski definition) is 3. The number of ether oxygens (including phenoxy) is 1. The molecule has 0 unspecified atom stereocenters. The molecule has 1 heterocycles. The van der Waals surface area contributed by atoms with Crippen molar-refractivity contribution in [1.29, 1.82) is 0 Å². The summed E-state index contributed by atoms with van der Waals surface area (Å²) in [6.45, 7) is 2.93. The Morgan fingerprint density at radius 2 is 2.25 bits per heavy atom. The predicted octanol–water partition coefficient (Wildman–Crippen LogP) is 1.44. The molecule has 0 aliphatic rings. The summed E-state index contributed by atoms with van der Waals surface area (Å²) in [6.07, 6.45) is 1.01. The zero-order valence-corrected chi connectivity index (χ0v) is 8.01. The first-order valence-corrected chi connectivity index (χ1v) is 4.39. The number of rotatable bonds is 4. The molecule has 0 saturated heterocycles. The summed E-state index contributed by atoms with van der Waals surface area (Å²) in [5, 5.41) is 7.71. The van der Waals surface area contributed by atoms with Gasteiger partial charge in [0.25, 0.3) is 0 Å². The largest absolute Gasteiger partial charge is 0.467 e. The summed E-state index contributed by atoms with van der Waals surface area (Å²) >= 11 is 5.66. The first kappa shape index (κ1) is 9.32. The van der Waals surface area contributed by atoms with E-state index in [0.29, 0.717) is 11.9 Å². The van der Waals surface area contributed by atoms with Crippen LogP contribution in [0.4, 0.5) is 0 Å². The first-order valence-electron chi connectivity index (χ1n) is 3.85. The molecule has 4 nitrogen and oxygen atoms in total. The van der Waals surface area contributed by atoms with E-state index >= 15 is 0 Å². The number of methoxy groups -OCH3 is 1. The van der Waals surface area contributed by atoms with Crippen LogP contribution < -0.4 is 4.74 Å². The molecule has 68 valence electrons. The number of nitrogens with zero attached hydrogens (tertiary/aromatic N) is 3. The lowest BCUT2D eigenvalue weighted by Crippen LogP contribution is -2.03. The molecule has 0 amide bonds. The molecule has 1 rings (SSSR count). The Morgan fingerprint density at radius 3 is 2.75 bits per heavy atom. The first-order chi connectivity index (χ1) is 5.83. The van der Waals surface area contributed by atoms with Crippen LogP contribution in [0.2, 0.25) is 0 Å². The minimum absolute atomic E-state index is 0.371. The second-order valence-electron chi connectivity index (χ2n) is 2.39. The van der Waals surface area contributed by atoms with E-state index in [0.717, 1.165) is 18.8 Å². The van der Waals surface area contributed by atoms with Crippen LogP contribution in [0.15, 0.2) is 0 Å². The third-order valence-electron chi connectivity index (χ3n) is 1.54. The second-order valence-corrected chi connectivity index (χ2v) is 2.66. The van der Waals surface area contributed by atoms with Gasteiger partial charge in [0.05, 0.1) is 13.0 Å². The second kappa shape index (κ2) is 4.30. The van der Waals surface area contributed by atoms with Gasteiger partial charge in [-0.3, -0.25) is 4.57 Å². The Kier molecular flexibility index (Phi) is 3.34. The van der Waals surface area contributed by atoms with Crippen molar-refractivity contribution >= 4 is 11.6 Å². The van der Waals surface area contributed by atoms with E-state index in [-0.39, 0.29) is 0 Å². The topological polar surface area (TPSA) is 39.9 Å². The quantitative estimate of drug-likeness (QED) is 0.673. The molecule has 0 fully saturated rings. The maximum Gasteiger partial charge on any atom is 0.316 e. The van der Waals surface area contributed by atoms with E-state index in [1.807, 2.05) is 4.57 Å². The van der Waals surface area contributed by atoms with Crippen molar-refractivity contribution in [1.82, 2.24) is 14.8 Å². The molecule has 1 aromatic heterocycles. The summed E-state index contributed by atoms with van der Waals surface area (Å²) in [5.74, 6) is 1.13. The van der Waals surface area contributed by atoms with Gasteiger partial charge in [-0.05, 0) is 6.42 Å². The summed E-state index contributed by atoms with van der Waals surface area (Å²) in [7, 11) is 1.58. The SMILES string of the molecule is CCCn1c(CCl)nnc1OC. The zero-order chi connectivity index (χ0) is 8.97. The number of aromatic nitrogens is 3. The molecular weight excluding hydrogens is 178 g/mol. The van der Waals surface area contributed by atoms with Crippen molar-refractivity contribution < 1.29 is 4.74 Å². The third-order valence-corrected chi connectivity index (χ3v) is 1.78. The number of hydrogen-bond donors (Lipinski definition) is 0. The average molecular weight is 190 g/mol. The van der Waals surface area contributed by atoms with Crippen LogP contribution in [0, 0.1) is 0 Å². The predicted molar refractivity (Wildman–Crippen MR) is 46.4 cm³/mol. The van der Waals surface area contributed by atoms with Gasteiger partial charge in [0, 0.05) is 6.54 Å². The molecule has 5 heteroatoms. The van der Waals surface area contributed by atoms with E-state index < -0.39 is 0 Å². The Morgan fingerprint density at radius 1 is 1.50 bits per heavy atom. The van der Waals surface area contributed by atoms with Crippen molar-refractivity contribution in [2.24, 2.45) is 0 Å². The smallest absolute Gasteiger partial charge is 0.316 e. The Labute approximate surface area is 76.5 Å². The van der Waals surface area contributed by atoms with E-state index in [1.165, 1.54) is 0 Å². The van der Waals surface area contributed by atoms with Gasteiger partial charge < -0.3 is 4.74 Å². The fourth-order valence-electron chi connectivity index (χ4n) is 1.02. The van der Waals surface area contributed by atoms with Crippen LogP contribution in [-0.4, -0.2) is 21.9 Å². The van der Waals surface area contributed by atoms with E-state index in [2.05, 4.69) is 17.1 Å². The summed E-state index contributed by atoms with van der Waals surface area (Å²) in [4.78, 5) is 0. The van der Waals surface area contributed by atoms with Crippen molar-refractivity contribution in [2.75, 3.05) is 7.11 Å². The highest BCUT2D eigenvalue weighted by Gasteiger charge is 2.09. The van der Waals surface area contributed by atoms with Crippen LogP contribution in [0.3, 0.4) is 0 Å². The van der Waals surface area contributed by atoms with Gasteiger partial charge in [-0.2, -0.15) is 0 Å². The Hall–Kier alpha value is -0.770. The summed E-state index contributed by atoms with van der Waals surface area (Å²) in [5.41, 5.74) is 0. The van der Waals surface area contributed by atoms with Gasteiger partial charge in [0.2, 0.25) is 0 Å². The lowest BCUT2D eigenvalue weighted by atomic mass is 10.5. The van der Waals surface area contributed by atoms with Crippen LogP contribution in [0.1, 0.15) is 19.2 Å². The van der Waals surface area contributed by atoms with E-state index in [1.54, 1.807) is 7.11 Å². The molecule has 0 N–H and O–H groups in total.